The SMILES string of the molecule is O=C(NCc1ccc(F)cc1)C(=O)NCC1OCCCN1S(=O)(=O)c1cc(F)ccc1F. The van der Waals surface area contributed by atoms with E-state index >= 15 is 0 Å². The van der Waals surface area contributed by atoms with Crippen molar-refractivity contribution in [2.75, 3.05) is 19.7 Å². The average molecular weight is 471 g/mol. The maximum atomic E-state index is 14.1. The number of carbonyl (C=O) groups is 2. The van der Waals surface area contributed by atoms with E-state index in [2.05, 4.69) is 10.6 Å². The third kappa shape index (κ3) is 5.64. The molecule has 1 unspecified atom stereocenters. The van der Waals surface area contributed by atoms with E-state index in [0.29, 0.717) is 24.1 Å². The number of ether oxygens (including phenoxy) is 1. The van der Waals surface area contributed by atoms with Crippen molar-refractivity contribution in [2.45, 2.75) is 24.1 Å². The molecule has 1 aliphatic rings. The van der Waals surface area contributed by atoms with E-state index in [1.165, 1.54) is 24.3 Å². The third-order valence-corrected chi connectivity index (χ3v) is 6.55. The zero-order chi connectivity index (χ0) is 23.3. The fourth-order valence-electron chi connectivity index (χ4n) is 3.03. The van der Waals surface area contributed by atoms with E-state index in [-0.39, 0.29) is 26.2 Å². The Bertz CT molecular complexity index is 1100. The summed E-state index contributed by atoms with van der Waals surface area (Å²) >= 11 is 0. The lowest BCUT2D eigenvalue weighted by Crippen LogP contribution is -2.53. The quantitative estimate of drug-likeness (QED) is 0.618. The Labute approximate surface area is 182 Å². The smallest absolute Gasteiger partial charge is 0.309 e. The summed E-state index contributed by atoms with van der Waals surface area (Å²) in [6, 6.07) is 7.36. The van der Waals surface area contributed by atoms with Gasteiger partial charge in [-0.05, 0) is 42.3 Å². The molecule has 2 amide bonds. The van der Waals surface area contributed by atoms with Crippen LogP contribution in [0.4, 0.5) is 13.2 Å². The summed E-state index contributed by atoms with van der Waals surface area (Å²) in [5.41, 5.74) is 0.567. The van der Waals surface area contributed by atoms with Gasteiger partial charge in [-0.25, -0.2) is 21.6 Å². The van der Waals surface area contributed by atoms with Crippen LogP contribution >= 0.6 is 0 Å². The van der Waals surface area contributed by atoms with Gasteiger partial charge in [0.25, 0.3) is 0 Å². The molecule has 0 aromatic heterocycles. The zero-order valence-electron chi connectivity index (χ0n) is 16.7. The van der Waals surface area contributed by atoms with E-state index in [1.54, 1.807) is 0 Å². The minimum Gasteiger partial charge on any atom is -0.360 e. The van der Waals surface area contributed by atoms with Crippen molar-refractivity contribution in [1.29, 1.82) is 0 Å². The number of hydrogen-bond acceptors (Lipinski definition) is 5. The van der Waals surface area contributed by atoms with Crippen LogP contribution in [0.5, 0.6) is 0 Å². The van der Waals surface area contributed by atoms with Crippen LogP contribution in [0, 0.1) is 17.5 Å². The summed E-state index contributed by atoms with van der Waals surface area (Å²) in [6.45, 7) is -0.282. The number of rotatable bonds is 6. The number of hydrogen-bond donors (Lipinski definition) is 2. The molecule has 1 fully saturated rings. The molecular formula is C20H20F3N3O5S. The third-order valence-electron chi connectivity index (χ3n) is 4.64. The van der Waals surface area contributed by atoms with Gasteiger partial charge >= 0.3 is 11.8 Å². The Balaban J connectivity index is 1.62. The van der Waals surface area contributed by atoms with Gasteiger partial charge < -0.3 is 15.4 Å². The molecule has 2 aromatic rings. The van der Waals surface area contributed by atoms with E-state index in [4.69, 9.17) is 4.74 Å². The van der Waals surface area contributed by atoms with Gasteiger partial charge in [-0.15, -0.1) is 0 Å². The van der Waals surface area contributed by atoms with Crippen molar-refractivity contribution in [3.05, 3.63) is 65.5 Å². The minimum atomic E-state index is -4.47. The van der Waals surface area contributed by atoms with Crippen molar-refractivity contribution < 1.29 is 35.9 Å². The highest BCUT2D eigenvalue weighted by Crippen LogP contribution is 2.24. The van der Waals surface area contributed by atoms with Gasteiger partial charge in [0.15, 0.2) is 0 Å². The predicted molar refractivity (Wildman–Crippen MR) is 106 cm³/mol. The van der Waals surface area contributed by atoms with Crippen molar-refractivity contribution in [1.82, 2.24) is 14.9 Å². The molecule has 1 saturated heterocycles. The number of nitrogens with zero attached hydrogens (tertiary/aromatic N) is 1. The van der Waals surface area contributed by atoms with Gasteiger partial charge in [-0.2, -0.15) is 4.31 Å². The molecule has 172 valence electrons. The molecule has 0 spiro atoms. The fraction of sp³-hybridized carbons (Fsp3) is 0.300. The van der Waals surface area contributed by atoms with Gasteiger partial charge in [0, 0.05) is 13.1 Å². The second-order valence-corrected chi connectivity index (χ2v) is 8.75. The molecule has 3 rings (SSSR count). The van der Waals surface area contributed by atoms with Crippen molar-refractivity contribution in [3.8, 4) is 0 Å². The average Bonchev–Trinajstić information content (AvgIpc) is 2.78. The van der Waals surface area contributed by atoms with Crippen LogP contribution in [0.1, 0.15) is 12.0 Å². The van der Waals surface area contributed by atoms with Crippen LogP contribution in [0.15, 0.2) is 47.4 Å². The van der Waals surface area contributed by atoms with Gasteiger partial charge in [-0.3, -0.25) is 9.59 Å². The molecule has 0 radical (unpaired) electrons. The Kier molecular flexibility index (Phi) is 7.48. The van der Waals surface area contributed by atoms with Crippen molar-refractivity contribution in [3.63, 3.8) is 0 Å². The first-order chi connectivity index (χ1) is 15.2. The van der Waals surface area contributed by atoms with E-state index in [1.807, 2.05) is 0 Å². The Morgan fingerprint density at radius 3 is 2.38 bits per heavy atom. The second kappa shape index (κ2) is 10.1. The Morgan fingerprint density at radius 2 is 1.66 bits per heavy atom. The summed E-state index contributed by atoms with van der Waals surface area (Å²) in [7, 11) is -4.47. The molecular weight excluding hydrogens is 451 g/mol. The summed E-state index contributed by atoms with van der Waals surface area (Å²) in [5, 5.41) is 4.62. The van der Waals surface area contributed by atoms with E-state index < -0.39 is 50.4 Å². The summed E-state index contributed by atoms with van der Waals surface area (Å²) in [4.78, 5) is 23.2. The topological polar surface area (TPSA) is 105 Å². The lowest BCUT2D eigenvalue weighted by atomic mass is 10.2. The summed E-state index contributed by atoms with van der Waals surface area (Å²) < 4.78 is 72.4. The van der Waals surface area contributed by atoms with Crippen molar-refractivity contribution >= 4 is 21.8 Å². The van der Waals surface area contributed by atoms with Crippen LogP contribution in [-0.2, 0) is 30.9 Å². The Morgan fingerprint density at radius 1 is 1.00 bits per heavy atom. The van der Waals surface area contributed by atoms with Gasteiger partial charge in [0.2, 0.25) is 10.0 Å². The van der Waals surface area contributed by atoms with Crippen LogP contribution < -0.4 is 10.6 Å². The molecule has 1 atom stereocenters. The maximum Gasteiger partial charge on any atom is 0.309 e. The lowest BCUT2D eigenvalue weighted by molar-refractivity contribution is -0.140. The number of nitrogens with one attached hydrogen (secondary N) is 2. The van der Waals surface area contributed by atoms with E-state index in [0.717, 1.165) is 10.4 Å². The number of benzene rings is 2. The van der Waals surface area contributed by atoms with Gasteiger partial charge in [0.1, 0.15) is 28.6 Å². The lowest BCUT2D eigenvalue weighted by Gasteiger charge is -2.34. The second-order valence-electron chi connectivity index (χ2n) is 6.89. The number of sulfonamides is 1. The molecule has 1 heterocycles. The normalized spacial score (nSPS) is 17.0. The largest absolute Gasteiger partial charge is 0.360 e. The highest BCUT2D eigenvalue weighted by Gasteiger charge is 2.36. The fourth-order valence-corrected chi connectivity index (χ4v) is 4.67. The van der Waals surface area contributed by atoms with Crippen molar-refractivity contribution in [2.24, 2.45) is 0 Å². The summed E-state index contributed by atoms with van der Waals surface area (Å²) in [6.07, 6.45) is -0.913. The molecule has 2 N–H and O–H groups in total. The zero-order valence-corrected chi connectivity index (χ0v) is 17.5. The Hall–Kier alpha value is -2.96. The molecule has 8 nitrogen and oxygen atoms in total. The first kappa shape index (κ1) is 23.7. The van der Waals surface area contributed by atoms with E-state index in [9.17, 15) is 31.2 Å². The number of halogens is 3. The summed E-state index contributed by atoms with van der Waals surface area (Å²) in [5.74, 6) is -4.53. The number of carbonyl (C=O) groups excluding carboxylic acids is 2. The standard InChI is InChI=1S/C20H20F3N3O5S/c21-14-4-2-13(3-5-14)11-24-19(27)20(28)25-12-18-26(8-1-9-31-18)32(29,30)17-10-15(22)6-7-16(17)23/h2-7,10,18H,1,8-9,11-12H2,(H,24,27)(H,25,28). The highest BCUT2D eigenvalue weighted by molar-refractivity contribution is 7.89. The molecule has 2 aromatic carbocycles. The number of amides is 2. The first-order valence-corrected chi connectivity index (χ1v) is 11.0. The van der Waals surface area contributed by atoms with Crippen LogP contribution in [0.2, 0.25) is 0 Å². The minimum absolute atomic E-state index is 0.0220. The molecule has 1 aliphatic heterocycles. The van der Waals surface area contributed by atoms with Crippen LogP contribution in [-0.4, -0.2) is 50.5 Å². The molecule has 0 bridgehead atoms. The molecule has 0 saturated carbocycles. The first-order valence-electron chi connectivity index (χ1n) is 9.57. The van der Waals surface area contributed by atoms with Crippen LogP contribution in [0.3, 0.4) is 0 Å². The predicted octanol–water partition coefficient (Wildman–Crippen LogP) is 1.27. The molecule has 32 heavy (non-hydrogen) atoms. The monoisotopic (exact) mass is 471 g/mol. The molecule has 0 aliphatic carbocycles. The maximum absolute atomic E-state index is 14.1. The van der Waals surface area contributed by atoms with Gasteiger partial charge in [-0.1, -0.05) is 12.1 Å². The van der Waals surface area contributed by atoms with Gasteiger partial charge in [0.05, 0.1) is 13.2 Å². The molecule has 12 heteroatoms. The highest BCUT2D eigenvalue weighted by atomic mass is 32.2. The van der Waals surface area contributed by atoms with Crippen LogP contribution in [0.25, 0.3) is 0 Å².